The fourth-order valence-electron chi connectivity index (χ4n) is 5.82. The number of carbonyl (C=O) groups is 1. The standard InChI is InChI=1S/C36H70O9/c1-3-5-6-7-8-9-10-11-12-13-14-15-16-17-18-19-20-21-22-23-24-25-26-42-28-30(44-32(38)4-2)29-43-36-35(41)34(40)33(39)31(27-37)45-36/h30-31,33-37,39-41H,3-29H2,1-2H3. The first-order valence-corrected chi connectivity index (χ1v) is 18.6. The minimum Gasteiger partial charge on any atom is -0.457 e. The number of rotatable bonds is 31. The van der Waals surface area contributed by atoms with Crippen LogP contribution in [0.25, 0.3) is 0 Å². The van der Waals surface area contributed by atoms with Crippen LogP contribution in [0.4, 0.5) is 0 Å². The lowest BCUT2D eigenvalue weighted by Crippen LogP contribution is -2.59. The van der Waals surface area contributed by atoms with Gasteiger partial charge in [-0.15, -0.1) is 0 Å². The number of aliphatic hydroxyl groups excluding tert-OH is 4. The van der Waals surface area contributed by atoms with Gasteiger partial charge in [0.2, 0.25) is 0 Å². The molecule has 268 valence electrons. The molecule has 4 N–H and O–H groups in total. The van der Waals surface area contributed by atoms with E-state index in [-0.39, 0.29) is 19.6 Å². The first-order valence-electron chi connectivity index (χ1n) is 18.6. The zero-order valence-corrected chi connectivity index (χ0v) is 28.9. The van der Waals surface area contributed by atoms with E-state index in [1.807, 2.05) is 0 Å². The average molecular weight is 647 g/mol. The predicted molar refractivity (Wildman–Crippen MR) is 178 cm³/mol. The van der Waals surface area contributed by atoms with Gasteiger partial charge in [0.25, 0.3) is 0 Å². The molecule has 0 amide bonds. The lowest BCUT2D eigenvalue weighted by Gasteiger charge is -2.39. The number of aliphatic hydroxyl groups is 4. The molecule has 6 unspecified atom stereocenters. The highest BCUT2D eigenvalue weighted by atomic mass is 16.7. The first kappa shape index (κ1) is 42.2. The molecular formula is C36H70O9. The highest BCUT2D eigenvalue weighted by Crippen LogP contribution is 2.22. The van der Waals surface area contributed by atoms with Crippen molar-refractivity contribution in [1.82, 2.24) is 0 Å². The van der Waals surface area contributed by atoms with Crippen LogP contribution in [0.5, 0.6) is 0 Å². The van der Waals surface area contributed by atoms with Crippen LogP contribution in [0.3, 0.4) is 0 Å². The van der Waals surface area contributed by atoms with Crippen molar-refractivity contribution in [3.05, 3.63) is 0 Å². The fourth-order valence-corrected chi connectivity index (χ4v) is 5.82. The molecule has 1 rings (SSSR count). The Kier molecular flexibility index (Phi) is 27.5. The Hall–Kier alpha value is -0.810. The van der Waals surface area contributed by atoms with Gasteiger partial charge >= 0.3 is 5.97 Å². The second kappa shape index (κ2) is 29.3. The largest absolute Gasteiger partial charge is 0.457 e. The van der Waals surface area contributed by atoms with Crippen LogP contribution in [0.2, 0.25) is 0 Å². The van der Waals surface area contributed by atoms with Crippen molar-refractivity contribution < 1.29 is 44.2 Å². The lowest BCUT2D eigenvalue weighted by molar-refractivity contribution is -0.305. The van der Waals surface area contributed by atoms with E-state index in [4.69, 9.17) is 18.9 Å². The van der Waals surface area contributed by atoms with Crippen LogP contribution >= 0.6 is 0 Å². The van der Waals surface area contributed by atoms with Gasteiger partial charge in [-0.3, -0.25) is 4.79 Å². The third-order valence-electron chi connectivity index (χ3n) is 8.83. The topological polar surface area (TPSA) is 135 Å². The van der Waals surface area contributed by atoms with E-state index in [0.717, 1.165) is 12.8 Å². The van der Waals surface area contributed by atoms with E-state index < -0.39 is 49.4 Å². The van der Waals surface area contributed by atoms with Crippen LogP contribution < -0.4 is 0 Å². The maximum absolute atomic E-state index is 11.8. The summed E-state index contributed by atoms with van der Waals surface area (Å²) < 4.78 is 22.0. The summed E-state index contributed by atoms with van der Waals surface area (Å²) in [6.45, 7) is 4.01. The highest BCUT2D eigenvalue weighted by Gasteiger charge is 2.44. The Labute approximate surface area is 274 Å². The van der Waals surface area contributed by atoms with Crippen LogP contribution in [0.1, 0.15) is 162 Å². The average Bonchev–Trinajstić information content (AvgIpc) is 3.04. The van der Waals surface area contributed by atoms with Crippen molar-refractivity contribution in [2.45, 2.75) is 198 Å². The Balaban J connectivity index is 1.96. The molecule has 1 heterocycles. The third-order valence-corrected chi connectivity index (χ3v) is 8.83. The number of ether oxygens (including phenoxy) is 4. The molecule has 9 nitrogen and oxygen atoms in total. The molecule has 0 aromatic rings. The van der Waals surface area contributed by atoms with Crippen molar-refractivity contribution >= 4 is 5.97 Å². The van der Waals surface area contributed by atoms with E-state index in [1.165, 1.54) is 128 Å². The molecule has 0 aliphatic carbocycles. The second-order valence-electron chi connectivity index (χ2n) is 13.0. The minimum absolute atomic E-state index is 0.117. The quantitative estimate of drug-likeness (QED) is 0.0477. The summed E-state index contributed by atoms with van der Waals surface area (Å²) in [5, 5.41) is 39.3. The Morgan fingerprint density at radius 2 is 1.07 bits per heavy atom. The van der Waals surface area contributed by atoms with E-state index in [1.54, 1.807) is 6.92 Å². The molecule has 0 aromatic heterocycles. The van der Waals surface area contributed by atoms with Crippen LogP contribution in [0.15, 0.2) is 0 Å². The van der Waals surface area contributed by atoms with Crippen molar-refractivity contribution in [2.24, 2.45) is 0 Å². The maximum Gasteiger partial charge on any atom is 0.305 e. The molecule has 0 radical (unpaired) electrons. The molecule has 0 aromatic carbocycles. The smallest absolute Gasteiger partial charge is 0.305 e. The van der Waals surface area contributed by atoms with Gasteiger partial charge in [-0.05, 0) is 6.42 Å². The molecule has 1 aliphatic rings. The summed E-state index contributed by atoms with van der Waals surface area (Å²) in [6.07, 6.45) is 22.3. The molecule has 0 saturated carbocycles. The molecule has 9 heteroatoms. The lowest BCUT2D eigenvalue weighted by atomic mass is 9.99. The normalized spacial score (nSPS) is 22.5. The van der Waals surface area contributed by atoms with Crippen LogP contribution in [-0.4, -0.2) is 89.6 Å². The Bertz CT molecular complexity index is 662. The zero-order chi connectivity index (χ0) is 33.0. The first-order chi connectivity index (χ1) is 21.9. The predicted octanol–water partition coefficient (Wildman–Crippen LogP) is 6.74. The number of unbranched alkanes of at least 4 members (excludes halogenated alkanes) is 21. The number of hydrogen-bond donors (Lipinski definition) is 4. The molecule has 1 saturated heterocycles. The Morgan fingerprint density at radius 3 is 1.49 bits per heavy atom. The zero-order valence-electron chi connectivity index (χ0n) is 28.9. The van der Waals surface area contributed by atoms with Gasteiger partial charge in [0.15, 0.2) is 6.29 Å². The highest BCUT2D eigenvalue weighted by molar-refractivity contribution is 5.69. The summed E-state index contributed by atoms with van der Waals surface area (Å²) in [4.78, 5) is 11.8. The van der Waals surface area contributed by atoms with E-state index in [9.17, 15) is 25.2 Å². The fraction of sp³-hybridized carbons (Fsp3) is 0.972. The summed E-state index contributed by atoms with van der Waals surface area (Å²) in [6, 6.07) is 0. The second-order valence-corrected chi connectivity index (χ2v) is 13.0. The van der Waals surface area contributed by atoms with E-state index in [2.05, 4.69) is 6.92 Å². The third kappa shape index (κ3) is 21.6. The van der Waals surface area contributed by atoms with Crippen molar-refractivity contribution in [3.63, 3.8) is 0 Å². The Morgan fingerprint density at radius 1 is 0.622 bits per heavy atom. The molecule has 6 atom stereocenters. The summed E-state index contributed by atoms with van der Waals surface area (Å²) in [5.74, 6) is -0.398. The summed E-state index contributed by atoms with van der Waals surface area (Å²) >= 11 is 0. The van der Waals surface area contributed by atoms with Gasteiger partial charge in [-0.1, -0.05) is 149 Å². The van der Waals surface area contributed by atoms with Gasteiger partial charge in [0, 0.05) is 13.0 Å². The number of esters is 1. The molecule has 0 bridgehead atoms. The van der Waals surface area contributed by atoms with Gasteiger partial charge in [0.05, 0.1) is 19.8 Å². The van der Waals surface area contributed by atoms with E-state index in [0.29, 0.717) is 6.61 Å². The monoisotopic (exact) mass is 647 g/mol. The summed E-state index contributed by atoms with van der Waals surface area (Å²) in [7, 11) is 0. The number of hydrogen-bond acceptors (Lipinski definition) is 9. The van der Waals surface area contributed by atoms with Crippen molar-refractivity contribution in [2.75, 3.05) is 26.4 Å². The van der Waals surface area contributed by atoms with Gasteiger partial charge < -0.3 is 39.4 Å². The van der Waals surface area contributed by atoms with Gasteiger partial charge in [-0.25, -0.2) is 0 Å². The molecule has 1 aliphatic heterocycles. The number of carbonyl (C=O) groups excluding carboxylic acids is 1. The van der Waals surface area contributed by atoms with Crippen LogP contribution in [0, 0.1) is 0 Å². The van der Waals surface area contributed by atoms with Crippen molar-refractivity contribution in [3.8, 4) is 0 Å². The summed E-state index contributed by atoms with van der Waals surface area (Å²) in [5.41, 5.74) is 0. The van der Waals surface area contributed by atoms with Gasteiger partial charge in [-0.2, -0.15) is 0 Å². The van der Waals surface area contributed by atoms with E-state index >= 15 is 0 Å². The molecule has 1 fully saturated rings. The molecule has 0 spiro atoms. The minimum atomic E-state index is -1.53. The van der Waals surface area contributed by atoms with Crippen LogP contribution in [-0.2, 0) is 23.7 Å². The molecule has 45 heavy (non-hydrogen) atoms. The molecular weight excluding hydrogens is 576 g/mol. The maximum atomic E-state index is 11.8. The SMILES string of the molecule is CCCCCCCCCCCCCCCCCCCCCCCCOCC(COC1OC(CO)C(O)C(O)C1O)OC(=O)CC. The van der Waals surface area contributed by atoms with Crippen molar-refractivity contribution in [1.29, 1.82) is 0 Å². The van der Waals surface area contributed by atoms with Gasteiger partial charge in [0.1, 0.15) is 30.5 Å².